The van der Waals surface area contributed by atoms with Crippen LogP contribution in [0.2, 0.25) is 0 Å². The Labute approximate surface area is 99.7 Å². The minimum absolute atomic E-state index is 0.00408. The number of nitrogens with one attached hydrogen (secondary N) is 1. The molecule has 0 unspecified atom stereocenters. The Morgan fingerprint density at radius 3 is 2.88 bits per heavy atom. The zero-order chi connectivity index (χ0) is 12.1. The average Bonchev–Trinajstić information content (AvgIpc) is 2.63. The molecule has 0 saturated heterocycles. The molecule has 0 bridgehead atoms. The third-order valence-electron chi connectivity index (χ3n) is 2.73. The van der Waals surface area contributed by atoms with Crippen LogP contribution in [0.3, 0.4) is 0 Å². The van der Waals surface area contributed by atoms with E-state index in [0.29, 0.717) is 17.7 Å². The van der Waals surface area contributed by atoms with Crippen LogP contribution in [0, 0.1) is 5.92 Å². The molecule has 0 aromatic carbocycles. The van der Waals surface area contributed by atoms with Gasteiger partial charge in [-0.05, 0) is 12.8 Å². The van der Waals surface area contributed by atoms with Gasteiger partial charge in [-0.3, -0.25) is 4.79 Å². The third kappa shape index (κ3) is 3.81. The predicted molar refractivity (Wildman–Crippen MR) is 66.0 cm³/mol. The highest BCUT2D eigenvalue weighted by Crippen LogP contribution is 2.19. The predicted octanol–water partition coefficient (Wildman–Crippen LogP) is 2.62. The van der Waals surface area contributed by atoms with Gasteiger partial charge in [0, 0.05) is 11.4 Å². The van der Waals surface area contributed by atoms with Gasteiger partial charge < -0.3 is 10.4 Å². The van der Waals surface area contributed by atoms with E-state index in [1.165, 1.54) is 11.3 Å². The molecule has 0 aliphatic heterocycles. The highest BCUT2D eigenvalue weighted by molar-refractivity contribution is 7.13. The molecule has 0 amide bonds. The van der Waals surface area contributed by atoms with Crippen LogP contribution in [0.15, 0.2) is 5.38 Å². The first-order valence-electron chi connectivity index (χ1n) is 5.45. The van der Waals surface area contributed by atoms with Crippen molar-refractivity contribution >= 4 is 22.4 Å². The van der Waals surface area contributed by atoms with E-state index >= 15 is 0 Å². The zero-order valence-corrected chi connectivity index (χ0v) is 10.7. The second kappa shape index (κ2) is 5.84. The lowest BCUT2D eigenvalue weighted by molar-refractivity contribution is -0.136. The summed E-state index contributed by atoms with van der Waals surface area (Å²) in [5.74, 6) is -0.265. The lowest BCUT2D eigenvalue weighted by atomic mass is 10.0. The topological polar surface area (TPSA) is 62.2 Å². The van der Waals surface area contributed by atoms with E-state index in [2.05, 4.69) is 31.1 Å². The standard InChI is InChI=1S/C11H18N2O2S/c1-4-7(2)8(3)12-11-13-9(6-16-11)5-10(14)15/h6-8H,4-5H2,1-3H3,(H,12,13)(H,14,15)/t7-,8-/m1/s1. The van der Waals surface area contributed by atoms with Gasteiger partial charge in [0.2, 0.25) is 0 Å². The summed E-state index contributed by atoms with van der Waals surface area (Å²) in [5.41, 5.74) is 0.622. The molecule has 0 fully saturated rings. The number of anilines is 1. The molecule has 16 heavy (non-hydrogen) atoms. The lowest BCUT2D eigenvalue weighted by Gasteiger charge is -2.18. The van der Waals surface area contributed by atoms with E-state index in [4.69, 9.17) is 5.11 Å². The Hall–Kier alpha value is -1.10. The van der Waals surface area contributed by atoms with Crippen LogP contribution < -0.4 is 5.32 Å². The molecule has 0 radical (unpaired) electrons. The van der Waals surface area contributed by atoms with Crippen molar-refractivity contribution in [3.63, 3.8) is 0 Å². The first-order valence-corrected chi connectivity index (χ1v) is 6.33. The smallest absolute Gasteiger partial charge is 0.309 e. The zero-order valence-electron chi connectivity index (χ0n) is 9.86. The number of carboxylic acid groups (broad SMARTS) is 1. The lowest BCUT2D eigenvalue weighted by Crippen LogP contribution is -2.23. The molecule has 5 heteroatoms. The van der Waals surface area contributed by atoms with Crippen LogP contribution in [0.1, 0.15) is 32.9 Å². The monoisotopic (exact) mass is 242 g/mol. The molecule has 2 atom stereocenters. The van der Waals surface area contributed by atoms with Gasteiger partial charge in [0.15, 0.2) is 5.13 Å². The number of carboxylic acids is 1. The molecule has 0 aliphatic rings. The van der Waals surface area contributed by atoms with E-state index in [1.807, 2.05) is 0 Å². The summed E-state index contributed by atoms with van der Waals surface area (Å²) in [5, 5.41) is 14.5. The first-order chi connectivity index (χ1) is 7.52. The maximum Gasteiger partial charge on any atom is 0.309 e. The van der Waals surface area contributed by atoms with Crippen LogP contribution in [-0.4, -0.2) is 22.1 Å². The Morgan fingerprint density at radius 2 is 2.31 bits per heavy atom. The summed E-state index contributed by atoms with van der Waals surface area (Å²) < 4.78 is 0. The molecular formula is C11H18N2O2S. The highest BCUT2D eigenvalue weighted by Gasteiger charge is 2.12. The Kier molecular flexibility index (Phi) is 4.73. The number of aromatic nitrogens is 1. The number of carbonyl (C=O) groups is 1. The summed E-state index contributed by atoms with van der Waals surface area (Å²) in [7, 11) is 0. The van der Waals surface area contributed by atoms with Crippen LogP contribution in [-0.2, 0) is 11.2 Å². The normalized spacial score (nSPS) is 14.4. The Morgan fingerprint density at radius 1 is 1.62 bits per heavy atom. The molecule has 1 aromatic heterocycles. The molecule has 4 nitrogen and oxygen atoms in total. The van der Waals surface area contributed by atoms with Crippen LogP contribution in [0.5, 0.6) is 0 Å². The van der Waals surface area contributed by atoms with Crippen molar-refractivity contribution < 1.29 is 9.90 Å². The van der Waals surface area contributed by atoms with Gasteiger partial charge in [-0.2, -0.15) is 0 Å². The maximum absolute atomic E-state index is 10.5. The van der Waals surface area contributed by atoms with Crippen molar-refractivity contribution in [1.29, 1.82) is 0 Å². The average molecular weight is 242 g/mol. The van der Waals surface area contributed by atoms with Crippen molar-refractivity contribution in [2.45, 2.75) is 39.7 Å². The highest BCUT2D eigenvalue weighted by atomic mass is 32.1. The fourth-order valence-electron chi connectivity index (χ4n) is 1.30. The Balaban J connectivity index is 2.54. The van der Waals surface area contributed by atoms with E-state index < -0.39 is 5.97 Å². The summed E-state index contributed by atoms with van der Waals surface area (Å²) in [4.78, 5) is 14.7. The number of aliphatic carboxylic acids is 1. The van der Waals surface area contributed by atoms with E-state index in [-0.39, 0.29) is 6.42 Å². The van der Waals surface area contributed by atoms with Crippen LogP contribution in [0.25, 0.3) is 0 Å². The van der Waals surface area contributed by atoms with Crippen LogP contribution >= 0.6 is 11.3 Å². The van der Waals surface area contributed by atoms with Gasteiger partial charge in [0.1, 0.15) is 0 Å². The fraction of sp³-hybridized carbons (Fsp3) is 0.636. The quantitative estimate of drug-likeness (QED) is 0.805. The molecule has 1 rings (SSSR count). The number of hydrogen-bond acceptors (Lipinski definition) is 4. The van der Waals surface area contributed by atoms with Crippen LogP contribution in [0.4, 0.5) is 5.13 Å². The van der Waals surface area contributed by atoms with Crippen molar-refractivity contribution in [2.75, 3.05) is 5.32 Å². The fourth-order valence-corrected chi connectivity index (χ4v) is 2.11. The Bertz CT molecular complexity index is 352. The van der Waals surface area contributed by atoms with Gasteiger partial charge in [-0.1, -0.05) is 20.3 Å². The number of nitrogens with zero attached hydrogens (tertiary/aromatic N) is 1. The van der Waals surface area contributed by atoms with Gasteiger partial charge >= 0.3 is 5.97 Å². The third-order valence-corrected chi connectivity index (χ3v) is 3.56. The largest absolute Gasteiger partial charge is 0.481 e. The molecule has 1 heterocycles. The first kappa shape index (κ1) is 13.0. The second-order valence-corrected chi connectivity index (χ2v) is 4.89. The number of hydrogen-bond donors (Lipinski definition) is 2. The van der Waals surface area contributed by atoms with Crippen molar-refractivity contribution in [2.24, 2.45) is 5.92 Å². The minimum atomic E-state index is -0.841. The summed E-state index contributed by atoms with van der Waals surface area (Å²) in [6.45, 7) is 6.45. The van der Waals surface area contributed by atoms with Gasteiger partial charge in [0.05, 0.1) is 12.1 Å². The second-order valence-electron chi connectivity index (χ2n) is 4.03. The summed E-state index contributed by atoms with van der Waals surface area (Å²) in [6, 6.07) is 0.355. The van der Waals surface area contributed by atoms with Gasteiger partial charge in [0.25, 0.3) is 0 Å². The molecule has 0 spiro atoms. The van der Waals surface area contributed by atoms with Crippen molar-refractivity contribution in [1.82, 2.24) is 4.98 Å². The number of thiazole rings is 1. The summed E-state index contributed by atoms with van der Waals surface area (Å²) >= 11 is 1.46. The van der Waals surface area contributed by atoms with Gasteiger partial charge in [-0.25, -0.2) is 4.98 Å². The maximum atomic E-state index is 10.5. The molecule has 0 aliphatic carbocycles. The summed E-state index contributed by atoms with van der Waals surface area (Å²) in [6.07, 6.45) is 1.11. The molecule has 1 aromatic rings. The van der Waals surface area contributed by atoms with E-state index in [9.17, 15) is 4.79 Å². The molecule has 90 valence electrons. The molecular weight excluding hydrogens is 224 g/mol. The number of rotatable bonds is 6. The van der Waals surface area contributed by atoms with Gasteiger partial charge in [-0.15, -0.1) is 11.3 Å². The van der Waals surface area contributed by atoms with Crippen molar-refractivity contribution in [3.8, 4) is 0 Å². The van der Waals surface area contributed by atoms with E-state index in [0.717, 1.165) is 11.6 Å². The molecule has 0 saturated carbocycles. The van der Waals surface area contributed by atoms with Crippen molar-refractivity contribution in [3.05, 3.63) is 11.1 Å². The SMILES string of the molecule is CC[C@@H](C)[C@@H](C)Nc1nc(CC(=O)O)cs1. The van der Waals surface area contributed by atoms with E-state index in [1.54, 1.807) is 5.38 Å². The molecule has 2 N–H and O–H groups in total. The minimum Gasteiger partial charge on any atom is -0.481 e.